The van der Waals surface area contributed by atoms with E-state index in [4.69, 9.17) is 5.11 Å². The van der Waals surface area contributed by atoms with Crippen LogP contribution in [0.2, 0.25) is 0 Å². The smallest absolute Gasteiger partial charge is 0.337 e. The summed E-state index contributed by atoms with van der Waals surface area (Å²) in [4.78, 5) is 32.4. The van der Waals surface area contributed by atoms with E-state index in [1.807, 2.05) is 0 Å². The number of thioether (sulfide) groups is 1. The first-order valence-electron chi connectivity index (χ1n) is 5.26. The molecule has 1 aromatic carbocycles. The third-order valence-electron chi connectivity index (χ3n) is 2.06. The number of nitro benzene ring substituents is 1. The van der Waals surface area contributed by atoms with Crippen molar-refractivity contribution < 1.29 is 24.4 Å². The standard InChI is InChI=1S/C11H11NO6S/c1-2-18-9(13)6-19-10-7(11(14)15)4-3-5-8(10)12(16)17/h3-5H,2,6H2,1H3,(H,14,15). The Bertz CT molecular complexity index is 484. The highest BCUT2D eigenvalue weighted by Crippen LogP contribution is 2.32. The van der Waals surface area contributed by atoms with Crippen LogP contribution in [0.15, 0.2) is 23.1 Å². The summed E-state index contributed by atoms with van der Waals surface area (Å²) in [5.74, 6) is -2.02. The van der Waals surface area contributed by atoms with Gasteiger partial charge in [-0.05, 0) is 13.0 Å². The van der Waals surface area contributed by atoms with Gasteiger partial charge in [-0.2, -0.15) is 0 Å². The normalized spacial score (nSPS) is 9.95. The molecule has 0 spiro atoms. The number of carboxylic acids is 1. The van der Waals surface area contributed by atoms with Gasteiger partial charge < -0.3 is 9.84 Å². The number of carbonyl (C=O) groups excluding carboxylic acids is 1. The highest BCUT2D eigenvalue weighted by atomic mass is 32.2. The number of benzene rings is 1. The number of aromatic carboxylic acids is 1. The van der Waals surface area contributed by atoms with E-state index in [1.54, 1.807) is 6.92 Å². The van der Waals surface area contributed by atoms with Crippen LogP contribution in [0.4, 0.5) is 5.69 Å². The first-order valence-corrected chi connectivity index (χ1v) is 6.25. The van der Waals surface area contributed by atoms with Crippen LogP contribution in [0.25, 0.3) is 0 Å². The molecule has 0 aliphatic carbocycles. The van der Waals surface area contributed by atoms with Crippen molar-refractivity contribution in [3.8, 4) is 0 Å². The predicted molar refractivity (Wildman–Crippen MR) is 67.4 cm³/mol. The molecule has 0 atom stereocenters. The second kappa shape index (κ2) is 6.74. The van der Waals surface area contributed by atoms with E-state index in [-0.39, 0.29) is 28.5 Å². The fourth-order valence-electron chi connectivity index (χ4n) is 1.32. The lowest BCUT2D eigenvalue weighted by Gasteiger charge is -2.06. The van der Waals surface area contributed by atoms with Gasteiger partial charge in [0.15, 0.2) is 0 Å². The topological polar surface area (TPSA) is 107 Å². The Morgan fingerprint density at radius 2 is 2.16 bits per heavy atom. The second-order valence-corrected chi connectivity index (χ2v) is 4.30. The molecule has 0 bridgehead atoms. The van der Waals surface area contributed by atoms with E-state index >= 15 is 0 Å². The van der Waals surface area contributed by atoms with Crippen molar-refractivity contribution in [1.29, 1.82) is 0 Å². The Morgan fingerprint density at radius 3 is 2.68 bits per heavy atom. The summed E-state index contributed by atoms with van der Waals surface area (Å²) in [5.41, 5.74) is -0.544. The van der Waals surface area contributed by atoms with E-state index in [0.717, 1.165) is 11.8 Å². The van der Waals surface area contributed by atoms with Crippen LogP contribution in [0, 0.1) is 10.1 Å². The highest BCUT2D eigenvalue weighted by Gasteiger charge is 2.22. The van der Waals surface area contributed by atoms with Crippen molar-refractivity contribution in [2.75, 3.05) is 12.4 Å². The molecule has 19 heavy (non-hydrogen) atoms. The summed E-state index contributed by atoms with van der Waals surface area (Å²) in [7, 11) is 0. The van der Waals surface area contributed by atoms with E-state index in [0.29, 0.717) is 0 Å². The molecular formula is C11H11NO6S. The van der Waals surface area contributed by atoms with Gasteiger partial charge in [0.05, 0.1) is 22.8 Å². The predicted octanol–water partition coefficient (Wildman–Crippen LogP) is 1.95. The molecule has 7 nitrogen and oxygen atoms in total. The van der Waals surface area contributed by atoms with Crippen LogP contribution in [0.5, 0.6) is 0 Å². The summed E-state index contributed by atoms with van der Waals surface area (Å²) < 4.78 is 4.69. The average molecular weight is 285 g/mol. The lowest BCUT2D eigenvalue weighted by atomic mass is 10.2. The van der Waals surface area contributed by atoms with Gasteiger partial charge in [-0.25, -0.2) is 4.79 Å². The summed E-state index contributed by atoms with van der Waals surface area (Å²) in [6, 6.07) is 3.73. The Hall–Kier alpha value is -2.09. The van der Waals surface area contributed by atoms with Crippen LogP contribution >= 0.6 is 11.8 Å². The van der Waals surface area contributed by atoms with Crippen molar-refractivity contribution in [3.63, 3.8) is 0 Å². The molecule has 0 saturated heterocycles. The van der Waals surface area contributed by atoms with Gasteiger partial charge in [0.2, 0.25) is 0 Å². The third kappa shape index (κ3) is 3.95. The van der Waals surface area contributed by atoms with Crippen LogP contribution < -0.4 is 0 Å². The molecule has 0 aliphatic heterocycles. The van der Waals surface area contributed by atoms with Crippen molar-refractivity contribution in [1.82, 2.24) is 0 Å². The van der Waals surface area contributed by atoms with Gasteiger partial charge in [0.1, 0.15) is 4.90 Å². The number of esters is 1. The third-order valence-corrected chi connectivity index (χ3v) is 3.16. The maximum absolute atomic E-state index is 11.2. The minimum Gasteiger partial charge on any atom is -0.478 e. The summed E-state index contributed by atoms with van der Waals surface area (Å²) in [5, 5.41) is 19.8. The quantitative estimate of drug-likeness (QED) is 0.368. The number of rotatable bonds is 6. The van der Waals surface area contributed by atoms with Gasteiger partial charge >= 0.3 is 11.9 Å². The van der Waals surface area contributed by atoms with Gasteiger partial charge in [0, 0.05) is 6.07 Å². The summed E-state index contributed by atoms with van der Waals surface area (Å²) in [6.45, 7) is 1.83. The first kappa shape index (κ1) is 15.0. The summed E-state index contributed by atoms with van der Waals surface area (Å²) >= 11 is 0.781. The molecule has 1 aromatic rings. The Morgan fingerprint density at radius 1 is 1.47 bits per heavy atom. The van der Waals surface area contributed by atoms with E-state index in [2.05, 4.69) is 4.74 Å². The zero-order valence-corrected chi connectivity index (χ0v) is 10.8. The van der Waals surface area contributed by atoms with Crippen molar-refractivity contribution in [3.05, 3.63) is 33.9 Å². The minimum absolute atomic E-state index is 0.0481. The molecule has 0 aliphatic rings. The number of nitrogens with zero attached hydrogens (tertiary/aromatic N) is 1. The maximum atomic E-state index is 11.2. The van der Waals surface area contributed by atoms with Crippen LogP contribution in [0.3, 0.4) is 0 Å². The van der Waals surface area contributed by atoms with Crippen molar-refractivity contribution >= 4 is 29.4 Å². The minimum atomic E-state index is -1.28. The molecule has 0 saturated carbocycles. The summed E-state index contributed by atoms with van der Waals surface area (Å²) in [6.07, 6.45) is 0. The molecular weight excluding hydrogens is 274 g/mol. The Kier molecular flexibility index (Phi) is 5.31. The molecule has 102 valence electrons. The number of nitro groups is 1. The molecule has 0 aromatic heterocycles. The molecule has 0 amide bonds. The highest BCUT2D eigenvalue weighted by molar-refractivity contribution is 8.00. The zero-order chi connectivity index (χ0) is 14.4. The van der Waals surface area contributed by atoms with Gasteiger partial charge in [-0.3, -0.25) is 14.9 Å². The number of hydrogen-bond acceptors (Lipinski definition) is 6. The molecule has 0 unspecified atom stereocenters. The molecule has 0 radical (unpaired) electrons. The maximum Gasteiger partial charge on any atom is 0.337 e. The van der Waals surface area contributed by atoms with E-state index < -0.39 is 16.9 Å². The van der Waals surface area contributed by atoms with Gasteiger partial charge in [0.25, 0.3) is 5.69 Å². The monoisotopic (exact) mass is 285 g/mol. The van der Waals surface area contributed by atoms with E-state index in [1.165, 1.54) is 18.2 Å². The molecule has 0 heterocycles. The number of hydrogen-bond donors (Lipinski definition) is 1. The second-order valence-electron chi connectivity index (χ2n) is 3.31. The number of carboxylic acid groups (broad SMARTS) is 1. The number of ether oxygens (including phenoxy) is 1. The zero-order valence-electron chi connectivity index (χ0n) is 9.99. The molecule has 0 fully saturated rings. The van der Waals surface area contributed by atoms with Crippen LogP contribution in [-0.4, -0.2) is 34.3 Å². The van der Waals surface area contributed by atoms with Crippen molar-refractivity contribution in [2.45, 2.75) is 11.8 Å². The fraction of sp³-hybridized carbons (Fsp3) is 0.273. The Balaban J connectivity index is 3.04. The van der Waals surface area contributed by atoms with Crippen LogP contribution in [-0.2, 0) is 9.53 Å². The number of carbonyl (C=O) groups is 2. The molecule has 1 rings (SSSR count). The van der Waals surface area contributed by atoms with E-state index in [9.17, 15) is 19.7 Å². The fourth-order valence-corrected chi connectivity index (χ4v) is 2.27. The van der Waals surface area contributed by atoms with Gasteiger partial charge in [-0.1, -0.05) is 6.07 Å². The van der Waals surface area contributed by atoms with Crippen LogP contribution in [0.1, 0.15) is 17.3 Å². The average Bonchev–Trinajstić information content (AvgIpc) is 2.35. The lowest BCUT2D eigenvalue weighted by Crippen LogP contribution is -2.08. The molecule has 1 N–H and O–H groups in total. The largest absolute Gasteiger partial charge is 0.478 e. The van der Waals surface area contributed by atoms with Gasteiger partial charge in [-0.15, -0.1) is 11.8 Å². The SMILES string of the molecule is CCOC(=O)CSc1c(C(=O)O)cccc1[N+](=O)[O-]. The lowest BCUT2D eigenvalue weighted by molar-refractivity contribution is -0.387. The van der Waals surface area contributed by atoms with Crippen molar-refractivity contribution in [2.24, 2.45) is 0 Å². The Labute approximate surface area is 112 Å². The molecule has 8 heteroatoms. The first-order chi connectivity index (χ1) is 8.97.